The van der Waals surface area contributed by atoms with Crippen LogP contribution in [-0.2, 0) is 22.6 Å². The summed E-state index contributed by atoms with van der Waals surface area (Å²) in [4.78, 5) is 17.5. The van der Waals surface area contributed by atoms with Gasteiger partial charge in [-0.15, -0.1) is 0 Å². The van der Waals surface area contributed by atoms with Crippen molar-refractivity contribution in [3.05, 3.63) is 76.8 Å². The van der Waals surface area contributed by atoms with Crippen LogP contribution in [0.1, 0.15) is 18.1 Å². The van der Waals surface area contributed by atoms with Gasteiger partial charge < -0.3 is 29.2 Å². The lowest BCUT2D eigenvalue weighted by Crippen LogP contribution is -2.35. The van der Waals surface area contributed by atoms with Crippen LogP contribution in [0.4, 0.5) is 5.69 Å². The van der Waals surface area contributed by atoms with Crippen LogP contribution in [0.5, 0.6) is 23.0 Å². The van der Waals surface area contributed by atoms with Crippen molar-refractivity contribution >= 4 is 23.2 Å². The van der Waals surface area contributed by atoms with Crippen molar-refractivity contribution < 1.29 is 23.7 Å². The minimum Gasteiger partial charge on any atom is -0.494 e. The van der Waals surface area contributed by atoms with Gasteiger partial charge in [-0.05, 0) is 69.0 Å². The number of nitrogens with zero attached hydrogens (tertiary/aromatic N) is 2. The standard InChI is InChI=1S/C30H36ClN3O5/c1-4-37-26-11-9-22(19-33(2)3)17-23(26)20-34-13-14-36-15-16-38-28-7-5-6-8-29(28)39-27-12-10-24(31)18-25(27)32-30(35)21-34/h5-12,17-18H,4,13-16,19-21H2,1-3H3,(H,32,35). The number of benzene rings is 3. The third kappa shape index (κ3) is 8.60. The van der Waals surface area contributed by atoms with Gasteiger partial charge in [-0.1, -0.05) is 29.8 Å². The third-order valence-electron chi connectivity index (χ3n) is 6.01. The molecule has 1 aliphatic rings. The van der Waals surface area contributed by atoms with Crippen LogP contribution in [0.2, 0.25) is 5.02 Å². The highest BCUT2D eigenvalue weighted by atomic mass is 35.5. The molecule has 0 atom stereocenters. The van der Waals surface area contributed by atoms with E-state index >= 15 is 0 Å². The van der Waals surface area contributed by atoms with E-state index in [1.54, 1.807) is 18.2 Å². The Morgan fingerprint density at radius 1 is 1.00 bits per heavy atom. The fourth-order valence-electron chi connectivity index (χ4n) is 4.33. The Hall–Kier alpha value is -3.30. The molecule has 3 aromatic carbocycles. The first kappa shape index (κ1) is 28.7. The van der Waals surface area contributed by atoms with Crippen LogP contribution < -0.4 is 19.5 Å². The number of halogens is 1. The molecule has 1 aliphatic heterocycles. The maximum atomic E-state index is 13.3. The normalized spacial score (nSPS) is 15.2. The molecule has 0 aromatic heterocycles. The van der Waals surface area contributed by atoms with E-state index in [0.29, 0.717) is 67.5 Å². The number of hydrogen-bond acceptors (Lipinski definition) is 7. The molecule has 1 amide bonds. The lowest BCUT2D eigenvalue weighted by molar-refractivity contribution is -0.117. The fraction of sp³-hybridized carbons (Fsp3) is 0.367. The number of hydrogen-bond donors (Lipinski definition) is 1. The fourth-order valence-corrected chi connectivity index (χ4v) is 4.50. The summed E-state index contributed by atoms with van der Waals surface area (Å²) >= 11 is 6.28. The summed E-state index contributed by atoms with van der Waals surface area (Å²) in [6, 6.07) is 18.8. The first-order valence-electron chi connectivity index (χ1n) is 13.1. The van der Waals surface area contributed by atoms with Crippen LogP contribution in [0, 0.1) is 0 Å². The first-order valence-corrected chi connectivity index (χ1v) is 13.5. The second-order valence-corrected chi connectivity index (χ2v) is 9.96. The lowest BCUT2D eigenvalue weighted by Gasteiger charge is -2.24. The largest absolute Gasteiger partial charge is 0.494 e. The number of ether oxygens (including phenoxy) is 4. The molecule has 1 heterocycles. The molecule has 1 N–H and O–H groups in total. The van der Waals surface area contributed by atoms with Crippen molar-refractivity contribution in [1.82, 2.24) is 9.80 Å². The quantitative estimate of drug-likeness (QED) is 0.435. The van der Waals surface area contributed by atoms with Gasteiger partial charge in [-0.25, -0.2) is 0 Å². The Labute approximate surface area is 235 Å². The number of anilines is 1. The molecule has 208 valence electrons. The number of amides is 1. The van der Waals surface area contributed by atoms with Crippen molar-refractivity contribution in [2.45, 2.75) is 20.0 Å². The topological polar surface area (TPSA) is 72.5 Å². The number of carbonyl (C=O) groups excluding carboxylic acids is 1. The average Bonchev–Trinajstić information content (AvgIpc) is 2.89. The van der Waals surface area contributed by atoms with E-state index in [0.717, 1.165) is 17.9 Å². The van der Waals surface area contributed by atoms with E-state index in [4.69, 9.17) is 30.5 Å². The van der Waals surface area contributed by atoms with Gasteiger partial charge in [-0.2, -0.15) is 0 Å². The molecule has 8 nitrogen and oxygen atoms in total. The van der Waals surface area contributed by atoms with Crippen LogP contribution in [-0.4, -0.2) is 69.3 Å². The van der Waals surface area contributed by atoms with Crippen LogP contribution in [0.25, 0.3) is 0 Å². The Balaban J connectivity index is 1.59. The molecule has 0 aliphatic carbocycles. The molecule has 0 unspecified atom stereocenters. The van der Waals surface area contributed by atoms with E-state index in [2.05, 4.69) is 22.3 Å². The van der Waals surface area contributed by atoms with E-state index in [1.165, 1.54) is 5.56 Å². The molecule has 0 spiro atoms. The van der Waals surface area contributed by atoms with E-state index in [-0.39, 0.29) is 12.5 Å². The molecule has 0 radical (unpaired) electrons. The molecule has 39 heavy (non-hydrogen) atoms. The smallest absolute Gasteiger partial charge is 0.238 e. The Morgan fingerprint density at radius 3 is 2.62 bits per heavy atom. The van der Waals surface area contributed by atoms with E-state index in [1.807, 2.05) is 56.3 Å². The summed E-state index contributed by atoms with van der Waals surface area (Å²) in [5.74, 6) is 2.22. The second-order valence-electron chi connectivity index (χ2n) is 9.52. The van der Waals surface area contributed by atoms with Gasteiger partial charge in [0.25, 0.3) is 0 Å². The van der Waals surface area contributed by atoms with E-state index < -0.39 is 0 Å². The maximum Gasteiger partial charge on any atom is 0.238 e. The molecule has 0 saturated heterocycles. The molecule has 3 aromatic rings. The minimum absolute atomic E-state index is 0.145. The number of nitrogens with one attached hydrogen (secondary N) is 1. The molecular weight excluding hydrogens is 518 g/mol. The summed E-state index contributed by atoms with van der Waals surface area (Å²) in [6.07, 6.45) is 0. The van der Waals surface area contributed by atoms with Gasteiger partial charge in [-0.3, -0.25) is 9.69 Å². The van der Waals surface area contributed by atoms with Crippen LogP contribution in [0.15, 0.2) is 60.7 Å². The zero-order valence-corrected chi connectivity index (χ0v) is 23.5. The summed E-state index contributed by atoms with van der Waals surface area (Å²) in [5.41, 5.74) is 2.68. The number of fused-ring (bicyclic) bond motifs is 2. The van der Waals surface area contributed by atoms with Crippen molar-refractivity contribution in [3.63, 3.8) is 0 Å². The van der Waals surface area contributed by atoms with Gasteiger partial charge in [0.1, 0.15) is 12.4 Å². The monoisotopic (exact) mass is 553 g/mol. The summed E-state index contributed by atoms with van der Waals surface area (Å²) in [5, 5.41) is 3.48. The van der Waals surface area contributed by atoms with Crippen molar-refractivity contribution in [2.75, 3.05) is 58.9 Å². The molecule has 0 saturated carbocycles. The predicted octanol–water partition coefficient (Wildman–Crippen LogP) is 5.44. The zero-order chi connectivity index (χ0) is 27.6. The zero-order valence-electron chi connectivity index (χ0n) is 22.7. The van der Waals surface area contributed by atoms with Gasteiger partial charge in [0.15, 0.2) is 17.2 Å². The summed E-state index contributed by atoms with van der Waals surface area (Å²) < 4.78 is 23.9. The minimum atomic E-state index is -0.191. The average molecular weight is 554 g/mol. The molecule has 0 bridgehead atoms. The molecule has 0 fully saturated rings. The molecule has 4 rings (SSSR count). The van der Waals surface area contributed by atoms with Crippen LogP contribution >= 0.6 is 11.6 Å². The van der Waals surface area contributed by atoms with Crippen molar-refractivity contribution in [3.8, 4) is 23.0 Å². The molecular formula is C30H36ClN3O5. The highest BCUT2D eigenvalue weighted by Crippen LogP contribution is 2.36. The van der Waals surface area contributed by atoms with Crippen molar-refractivity contribution in [1.29, 1.82) is 0 Å². The Kier molecular flexibility index (Phi) is 10.4. The van der Waals surface area contributed by atoms with Gasteiger partial charge in [0, 0.05) is 30.2 Å². The third-order valence-corrected chi connectivity index (χ3v) is 6.24. The summed E-state index contributed by atoms with van der Waals surface area (Å²) in [6.45, 7) is 5.76. The number of rotatable bonds is 6. The highest BCUT2D eigenvalue weighted by Gasteiger charge is 2.18. The predicted molar refractivity (Wildman–Crippen MR) is 153 cm³/mol. The van der Waals surface area contributed by atoms with E-state index in [9.17, 15) is 4.79 Å². The maximum absolute atomic E-state index is 13.3. The highest BCUT2D eigenvalue weighted by molar-refractivity contribution is 6.31. The second kappa shape index (κ2) is 14.2. The van der Waals surface area contributed by atoms with Gasteiger partial charge in [0.2, 0.25) is 5.91 Å². The first-order chi connectivity index (χ1) is 18.9. The SMILES string of the molecule is CCOc1ccc(CN(C)C)cc1CN1CCOCCOc2ccccc2Oc2ccc(Cl)cc2NC(=O)C1. The number of para-hydroxylation sites is 2. The van der Waals surface area contributed by atoms with Crippen LogP contribution in [0.3, 0.4) is 0 Å². The Morgan fingerprint density at radius 2 is 1.82 bits per heavy atom. The van der Waals surface area contributed by atoms with Gasteiger partial charge in [0.05, 0.1) is 32.1 Å². The van der Waals surface area contributed by atoms with Gasteiger partial charge >= 0.3 is 0 Å². The molecule has 9 heteroatoms. The summed E-state index contributed by atoms with van der Waals surface area (Å²) in [7, 11) is 4.08. The lowest BCUT2D eigenvalue weighted by atomic mass is 10.1. The Bertz CT molecular complexity index is 1250. The number of carbonyl (C=O) groups is 1. The van der Waals surface area contributed by atoms with Crippen molar-refractivity contribution in [2.24, 2.45) is 0 Å².